The molecule has 13 nitrogen and oxygen atoms in total. The monoisotopic (exact) mass is 734 g/mol. The highest BCUT2D eigenvalue weighted by Gasteiger charge is 2.51. The number of carbonyl (C=O) groups excluding carboxylic acids is 4. The molecule has 53 heavy (non-hydrogen) atoms. The number of ether oxygens (including phenoxy) is 2. The average molecular weight is 735 g/mol. The molecule has 1 saturated heterocycles. The van der Waals surface area contributed by atoms with Crippen LogP contribution in [-0.2, 0) is 31.4 Å². The Labute approximate surface area is 305 Å². The lowest BCUT2D eigenvalue weighted by Gasteiger charge is -2.38. The van der Waals surface area contributed by atoms with Crippen LogP contribution in [0, 0.1) is 30.6 Å². The molecule has 4 fully saturated rings. The smallest absolute Gasteiger partial charge is 0.441 e. The summed E-state index contributed by atoms with van der Waals surface area (Å²) in [6, 6.07) is 6.15. The predicted octanol–water partition coefficient (Wildman–Crippen LogP) is 6.31. The first-order chi connectivity index (χ1) is 25.6. The van der Waals surface area contributed by atoms with Gasteiger partial charge in [-0.3, -0.25) is 14.2 Å². The number of alkyl halides is 1. The number of fused-ring (bicyclic) bond motifs is 4. The summed E-state index contributed by atoms with van der Waals surface area (Å²) in [5.41, 5.74) is 1.47. The molecule has 1 spiro atoms. The molecule has 5 aliphatic rings. The number of aryl methyl sites for hydroxylation is 1. The molecule has 2 aliphatic heterocycles. The van der Waals surface area contributed by atoms with Crippen molar-refractivity contribution in [3.05, 3.63) is 52.1 Å². The molecule has 0 radical (unpaired) electrons. The first-order valence-corrected chi connectivity index (χ1v) is 19.2. The molecule has 8 rings (SSSR count). The molecule has 3 aromatic rings. The van der Waals surface area contributed by atoms with Crippen molar-refractivity contribution in [2.75, 3.05) is 18.5 Å². The highest BCUT2D eigenvalue weighted by Crippen LogP contribution is 2.48. The lowest BCUT2D eigenvalue weighted by atomic mass is 9.76. The number of anilines is 1. The van der Waals surface area contributed by atoms with E-state index >= 15 is 0 Å². The average Bonchev–Trinajstić information content (AvgIpc) is 3.91. The van der Waals surface area contributed by atoms with Gasteiger partial charge in [0.1, 0.15) is 18.4 Å². The van der Waals surface area contributed by atoms with E-state index < -0.39 is 36.4 Å². The van der Waals surface area contributed by atoms with E-state index in [0.29, 0.717) is 49.5 Å². The second-order valence-corrected chi connectivity index (χ2v) is 15.7. The molecule has 3 aliphatic carbocycles. The summed E-state index contributed by atoms with van der Waals surface area (Å²) in [7, 11) is 0. The fourth-order valence-corrected chi connectivity index (χ4v) is 9.75. The zero-order valence-corrected chi connectivity index (χ0v) is 30.0. The van der Waals surface area contributed by atoms with Crippen molar-refractivity contribution >= 4 is 40.5 Å². The Hall–Kier alpha value is -4.62. The maximum atomic E-state index is 14.3. The predicted molar refractivity (Wildman–Crippen MR) is 189 cm³/mol. The molecule has 4 heterocycles. The molecule has 3 amide bonds. The third-order valence-corrected chi connectivity index (χ3v) is 12.7. The minimum absolute atomic E-state index is 0.0355. The van der Waals surface area contributed by atoms with Crippen LogP contribution >= 0.6 is 0 Å². The molecule has 3 atom stereocenters. The van der Waals surface area contributed by atoms with Gasteiger partial charge in [0.05, 0.1) is 11.6 Å². The van der Waals surface area contributed by atoms with Crippen LogP contribution in [-0.4, -0.2) is 58.6 Å². The fraction of sp³-hybridized carbons (Fsp3) is 0.615. The van der Waals surface area contributed by atoms with Crippen molar-refractivity contribution in [2.24, 2.45) is 23.7 Å². The molecular formula is C39H47FN4O9. The van der Waals surface area contributed by atoms with Crippen LogP contribution in [0.3, 0.4) is 0 Å². The minimum Gasteiger partial charge on any atom is -0.441 e. The number of likely N-dealkylation sites (tertiary alicyclic amines) is 1. The van der Waals surface area contributed by atoms with Crippen LogP contribution in [0.25, 0.3) is 10.9 Å². The number of benzene rings is 1. The Morgan fingerprint density at radius 3 is 2.43 bits per heavy atom. The second kappa shape index (κ2) is 14.3. The maximum Gasteiger partial charge on any atom is 0.519 e. The van der Waals surface area contributed by atoms with Crippen molar-refractivity contribution in [3.8, 4) is 0 Å². The van der Waals surface area contributed by atoms with Gasteiger partial charge in [0.15, 0.2) is 23.9 Å². The normalized spacial score (nSPS) is 25.8. The first-order valence-electron chi connectivity index (χ1n) is 19.2. The summed E-state index contributed by atoms with van der Waals surface area (Å²) >= 11 is 0. The number of hydrogen-bond donors (Lipinski definition) is 2. The summed E-state index contributed by atoms with van der Waals surface area (Å²) in [5, 5.41) is 6.60. The number of hydrogen-bond acceptors (Lipinski definition) is 9. The van der Waals surface area contributed by atoms with Crippen molar-refractivity contribution in [3.63, 3.8) is 0 Å². The Morgan fingerprint density at radius 2 is 1.75 bits per heavy atom. The lowest BCUT2D eigenvalue weighted by Crippen LogP contribution is -2.50. The van der Waals surface area contributed by atoms with Crippen molar-refractivity contribution in [1.82, 2.24) is 14.8 Å². The van der Waals surface area contributed by atoms with Gasteiger partial charge in [0.2, 0.25) is 11.8 Å². The Balaban J connectivity index is 0.927. The standard InChI is InChI=1S/C39H47FN4O9/c1-22-32(52-38(49)51-22)21-50-37(48)42-29(20-40)24-8-10-25(11-9-24)35(46)43-17-14-28(23-6-3-2-4-7-23)33(43)34(45)41-27-12-13-30-26(18-27)19-31-36(47)53-39(44(30)31)15-5-16-39/h12-13,18-19,23-25,28-29,33H,2-11,14-17,20-21H2,1H3,(H,41,45)(H,42,48)/t24?,25?,28?,29-,33+/m1/s1. The van der Waals surface area contributed by atoms with E-state index in [9.17, 15) is 28.4 Å². The topological polar surface area (TPSA) is 162 Å². The largest absolute Gasteiger partial charge is 0.519 e. The summed E-state index contributed by atoms with van der Waals surface area (Å²) in [4.78, 5) is 66.7. The number of nitrogens with zero attached hydrogens (tertiary/aromatic N) is 2. The second-order valence-electron chi connectivity index (χ2n) is 15.7. The number of rotatable bonds is 9. The third-order valence-electron chi connectivity index (χ3n) is 12.7. The van der Waals surface area contributed by atoms with Crippen LogP contribution in [0.5, 0.6) is 0 Å². The minimum atomic E-state index is -0.894. The molecule has 3 saturated carbocycles. The van der Waals surface area contributed by atoms with Gasteiger partial charge in [-0.1, -0.05) is 32.1 Å². The van der Waals surface area contributed by atoms with Crippen LogP contribution in [0.2, 0.25) is 0 Å². The summed E-state index contributed by atoms with van der Waals surface area (Å²) < 4.78 is 36.7. The van der Waals surface area contributed by atoms with Gasteiger partial charge >= 0.3 is 17.9 Å². The summed E-state index contributed by atoms with van der Waals surface area (Å²) in [6.45, 7) is 0.913. The molecule has 0 bridgehead atoms. The van der Waals surface area contributed by atoms with E-state index in [2.05, 4.69) is 10.6 Å². The van der Waals surface area contributed by atoms with Gasteiger partial charge in [-0.2, -0.15) is 0 Å². The molecule has 14 heteroatoms. The van der Waals surface area contributed by atoms with Crippen LogP contribution in [0.4, 0.5) is 14.9 Å². The quantitative estimate of drug-likeness (QED) is 0.240. The number of alkyl carbamates (subject to hydrolysis) is 1. The Morgan fingerprint density at radius 1 is 0.981 bits per heavy atom. The van der Waals surface area contributed by atoms with Crippen molar-refractivity contribution < 1.29 is 41.9 Å². The van der Waals surface area contributed by atoms with Gasteiger partial charge in [-0.15, -0.1) is 0 Å². The summed E-state index contributed by atoms with van der Waals surface area (Å²) in [5.74, 6) is -1.20. The number of halogens is 1. The van der Waals surface area contributed by atoms with E-state index in [1.165, 1.54) is 13.3 Å². The molecular weight excluding hydrogens is 687 g/mol. The maximum absolute atomic E-state index is 14.3. The number of aromatic nitrogens is 1. The molecule has 1 aromatic carbocycles. The number of esters is 1. The SMILES string of the molecule is Cc1oc(=O)oc1COC(=O)N[C@H](CF)C1CCC(C(=O)N2CCC(C3CCCCC3)[C@H]2C(=O)Nc2ccc3c(c2)cc2n3C3(CCC3)OC2=O)CC1. The number of amides is 3. The lowest BCUT2D eigenvalue weighted by molar-refractivity contribution is -0.142. The Bertz CT molecular complexity index is 1950. The summed E-state index contributed by atoms with van der Waals surface area (Å²) in [6.07, 6.45) is 10.2. The number of carbonyl (C=O) groups is 4. The van der Waals surface area contributed by atoms with Gasteiger partial charge in [-0.05, 0) is 87.5 Å². The molecule has 1 unspecified atom stereocenters. The van der Waals surface area contributed by atoms with Crippen LogP contribution in [0.1, 0.15) is 105 Å². The first kappa shape index (κ1) is 35.4. The van der Waals surface area contributed by atoms with Gasteiger partial charge in [-0.25, -0.2) is 18.8 Å². The van der Waals surface area contributed by atoms with Gasteiger partial charge in [0, 0.05) is 36.4 Å². The van der Waals surface area contributed by atoms with E-state index in [4.69, 9.17) is 18.3 Å². The van der Waals surface area contributed by atoms with Gasteiger partial charge in [0.25, 0.3) is 0 Å². The van der Waals surface area contributed by atoms with Gasteiger partial charge < -0.3 is 33.8 Å². The number of nitrogens with one attached hydrogen (secondary N) is 2. The zero-order valence-electron chi connectivity index (χ0n) is 30.0. The molecule has 2 aromatic heterocycles. The fourth-order valence-electron chi connectivity index (χ4n) is 9.75. The van der Waals surface area contributed by atoms with Crippen molar-refractivity contribution in [2.45, 2.75) is 115 Å². The highest BCUT2D eigenvalue weighted by molar-refractivity contribution is 6.02. The van der Waals surface area contributed by atoms with E-state index in [1.807, 2.05) is 28.8 Å². The van der Waals surface area contributed by atoms with Crippen LogP contribution in [0.15, 0.2) is 37.9 Å². The zero-order chi connectivity index (χ0) is 36.9. The highest BCUT2D eigenvalue weighted by atomic mass is 19.1. The van der Waals surface area contributed by atoms with Crippen LogP contribution < -0.4 is 16.5 Å². The van der Waals surface area contributed by atoms with Crippen molar-refractivity contribution in [1.29, 1.82) is 0 Å². The Kier molecular flexibility index (Phi) is 9.56. The molecule has 2 N–H and O–H groups in total. The molecule has 284 valence electrons. The third kappa shape index (κ3) is 6.62. The van der Waals surface area contributed by atoms with E-state index in [-0.39, 0.29) is 53.7 Å². The van der Waals surface area contributed by atoms with E-state index in [0.717, 1.165) is 62.3 Å². The van der Waals surface area contributed by atoms with E-state index in [1.54, 1.807) is 4.90 Å².